The minimum Gasteiger partial charge on any atom is -0.351 e. The van der Waals surface area contributed by atoms with Crippen LogP contribution in [0.4, 0.5) is 10.5 Å². The molecule has 0 atom stereocenters. The molecule has 5 nitrogen and oxygen atoms in total. The van der Waals surface area contributed by atoms with Crippen molar-refractivity contribution in [3.63, 3.8) is 0 Å². The van der Waals surface area contributed by atoms with E-state index in [1.165, 1.54) is 0 Å². The maximum atomic E-state index is 12.7. The summed E-state index contributed by atoms with van der Waals surface area (Å²) in [6, 6.07) is 18.3. The standard InChI is InChI=1S/C21H21N3O2/c1-14-3-7-16(8-4-14)20(25)19-12-11-18(24(19)2)13-15-5-9-17(10-6-15)23-21(22)26/h3-12H,13H2,1-2H3,(H3,22,23,26). The number of nitrogens with one attached hydrogen (secondary N) is 1. The molecule has 0 unspecified atom stereocenters. The second-order valence-electron chi connectivity index (χ2n) is 6.33. The molecule has 1 aromatic heterocycles. The Labute approximate surface area is 152 Å². The van der Waals surface area contributed by atoms with Gasteiger partial charge in [-0.1, -0.05) is 42.0 Å². The molecule has 3 aromatic rings. The van der Waals surface area contributed by atoms with Gasteiger partial charge in [0.05, 0.1) is 5.69 Å². The summed E-state index contributed by atoms with van der Waals surface area (Å²) in [5.41, 5.74) is 10.4. The zero-order valence-corrected chi connectivity index (χ0v) is 14.8. The van der Waals surface area contributed by atoms with Gasteiger partial charge < -0.3 is 15.6 Å². The molecular formula is C21H21N3O2. The summed E-state index contributed by atoms with van der Waals surface area (Å²) >= 11 is 0. The van der Waals surface area contributed by atoms with E-state index in [4.69, 9.17) is 5.73 Å². The van der Waals surface area contributed by atoms with Crippen LogP contribution in [0.1, 0.15) is 32.9 Å². The highest BCUT2D eigenvalue weighted by Crippen LogP contribution is 2.18. The van der Waals surface area contributed by atoms with Gasteiger partial charge in [-0.2, -0.15) is 0 Å². The van der Waals surface area contributed by atoms with Crippen molar-refractivity contribution in [2.45, 2.75) is 13.3 Å². The average molecular weight is 347 g/mol. The number of aromatic nitrogens is 1. The molecule has 0 saturated heterocycles. The number of hydrogen-bond acceptors (Lipinski definition) is 2. The van der Waals surface area contributed by atoms with Crippen LogP contribution in [0, 0.1) is 6.92 Å². The first kappa shape index (κ1) is 17.5. The molecule has 5 heteroatoms. The van der Waals surface area contributed by atoms with E-state index in [-0.39, 0.29) is 5.78 Å². The van der Waals surface area contributed by atoms with Gasteiger partial charge in [0.2, 0.25) is 5.78 Å². The predicted octanol–water partition coefficient (Wildman–Crippen LogP) is 3.65. The Kier molecular flexibility index (Phi) is 4.89. The molecule has 0 bridgehead atoms. The molecule has 3 N–H and O–H groups in total. The molecule has 0 fully saturated rings. The second kappa shape index (κ2) is 7.27. The molecule has 0 saturated carbocycles. The molecule has 0 spiro atoms. The molecule has 132 valence electrons. The number of carbonyl (C=O) groups excluding carboxylic acids is 2. The number of benzene rings is 2. The van der Waals surface area contributed by atoms with Crippen molar-refractivity contribution in [1.29, 1.82) is 0 Å². The van der Waals surface area contributed by atoms with Gasteiger partial charge in [-0.05, 0) is 36.8 Å². The third-order valence-corrected chi connectivity index (χ3v) is 4.38. The van der Waals surface area contributed by atoms with Crippen LogP contribution in [-0.2, 0) is 13.5 Å². The maximum absolute atomic E-state index is 12.7. The van der Waals surface area contributed by atoms with Crippen molar-refractivity contribution in [3.8, 4) is 0 Å². The van der Waals surface area contributed by atoms with E-state index in [0.717, 1.165) is 16.8 Å². The number of nitrogens with two attached hydrogens (primary N) is 1. The van der Waals surface area contributed by atoms with Crippen LogP contribution in [0.15, 0.2) is 60.7 Å². The Morgan fingerprint density at radius 2 is 1.62 bits per heavy atom. The normalized spacial score (nSPS) is 10.5. The minimum absolute atomic E-state index is 0.0137. The Bertz CT molecular complexity index is 938. The van der Waals surface area contributed by atoms with Crippen molar-refractivity contribution in [2.75, 3.05) is 5.32 Å². The zero-order valence-electron chi connectivity index (χ0n) is 14.8. The summed E-state index contributed by atoms with van der Waals surface area (Å²) in [7, 11) is 1.90. The SMILES string of the molecule is Cc1ccc(C(=O)c2ccc(Cc3ccc(NC(N)=O)cc3)n2C)cc1. The Morgan fingerprint density at radius 1 is 0.962 bits per heavy atom. The number of amides is 2. The fourth-order valence-electron chi connectivity index (χ4n) is 2.87. The fourth-order valence-corrected chi connectivity index (χ4v) is 2.87. The van der Waals surface area contributed by atoms with Crippen LogP contribution in [0.2, 0.25) is 0 Å². The lowest BCUT2D eigenvalue weighted by Crippen LogP contribution is -2.19. The molecule has 2 aromatic carbocycles. The molecule has 26 heavy (non-hydrogen) atoms. The van der Waals surface area contributed by atoms with E-state index >= 15 is 0 Å². The highest BCUT2D eigenvalue weighted by Gasteiger charge is 2.14. The lowest BCUT2D eigenvalue weighted by Gasteiger charge is -2.09. The van der Waals surface area contributed by atoms with Crippen molar-refractivity contribution in [3.05, 3.63) is 88.7 Å². The summed E-state index contributed by atoms with van der Waals surface area (Å²) in [5.74, 6) is 0.0137. The number of hydrogen-bond donors (Lipinski definition) is 2. The lowest BCUT2D eigenvalue weighted by atomic mass is 10.1. The van der Waals surface area contributed by atoms with E-state index in [1.807, 2.05) is 67.1 Å². The van der Waals surface area contributed by atoms with Crippen LogP contribution in [0.5, 0.6) is 0 Å². The van der Waals surface area contributed by atoms with E-state index in [1.54, 1.807) is 12.1 Å². The van der Waals surface area contributed by atoms with Crippen molar-refractivity contribution in [2.24, 2.45) is 12.8 Å². The second-order valence-corrected chi connectivity index (χ2v) is 6.33. The Hall–Kier alpha value is -3.34. The topological polar surface area (TPSA) is 77.1 Å². The molecule has 0 aliphatic carbocycles. The molecule has 0 radical (unpaired) electrons. The van der Waals surface area contributed by atoms with Gasteiger partial charge in [-0.25, -0.2) is 4.79 Å². The third kappa shape index (κ3) is 3.83. The first-order valence-corrected chi connectivity index (χ1v) is 8.35. The lowest BCUT2D eigenvalue weighted by molar-refractivity contribution is 0.103. The van der Waals surface area contributed by atoms with Crippen LogP contribution in [0.25, 0.3) is 0 Å². The first-order valence-electron chi connectivity index (χ1n) is 8.35. The Balaban J connectivity index is 1.77. The highest BCUT2D eigenvalue weighted by atomic mass is 16.2. The summed E-state index contributed by atoms with van der Waals surface area (Å²) in [6.45, 7) is 2.00. The summed E-state index contributed by atoms with van der Waals surface area (Å²) in [6.07, 6.45) is 0.689. The summed E-state index contributed by atoms with van der Waals surface area (Å²) < 4.78 is 1.93. The summed E-state index contributed by atoms with van der Waals surface area (Å²) in [5, 5.41) is 2.54. The number of nitrogens with zero attached hydrogens (tertiary/aromatic N) is 1. The number of rotatable bonds is 5. The number of anilines is 1. The van der Waals surface area contributed by atoms with Crippen LogP contribution >= 0.6 is 0 Å². The average Bonchev–Trinajstić information content (AvgIpc) is 2.97. The van der Waals surface area contributed by atoms with Crippen molar-refractivity contribution >= 4 is 17.5 Å². The van der Waals surface area contributed by atoms with Crippen LogP contribution in [0.3, 0.4) is 0 Å². The quantitative estimate of drug-likeness (QED) is 0.691. The number of aryl methyl sites for hydroxylation is 1. The monoisotopic (exact) mass is 347 g/mol. The van der Waals surface area contributed by atoms with Gasteiger partial charge in [0.1, 0.15) is 0 Å². The zero-order chi connectivity index (χ0) is 18.7. The Morgan fingerprint density at radius 3 is 2.23 bits per heavy atom. The molecule has 2 amide bonds. The largest absolute Gasteiger partial charge is 0.351 e. The number of ketones is 1. The van der Waals surface area contributed by atoms with E-state index in [0.29, 0.717) is 23.4 Å². The molecule has 3 rings (SSSR count). The van der Waals surface area contributed by atoms with Crippen molar-refractivity contribution in [1.82, 2.24) is 4.57 Å². The van der Waals surface area contributed by atoms with Gasteiger partial charge in [0, 0.05) is 30.4 Å². The van der Waals surface area contributed by atoms with Gasteiger partial charge in [0.25, 0.3) is 0 Å². The van der Waals surface area contributed by atoms with Crippen LogP contribution < -0.4 is 11.1 Å². The van der Waals surface area contributed by atoms with E-state index < -0.39 is 6.03 Å². The summed E-state index contributed by atoms with van der Waals surface area (Å²) in [4.78, 5) is 23.6. The van der Waals surface area contributed by atoms with Gasteiger partial charge in [-0.15, -0.1) is 0 Å². The minimum atomic E-state index is -0.584. The molecule has 1 heterocycles. The van der Waals surface area contributed by atoms with E-state index in [9.17, 15) is 9.59 Å². The van der Waals surface area contributed by atoms with Crippen molar-refractivity contribution < 1.29 is 9.59 Å². The predicted molar refractivity (Wildman–Crippen MR) is 102 cm³/mol. The number of primary amides is 1. The highest BCUT2D eigenvalue weighted by molar-refractivity contribution is 6.08. The number of carbonyl (C=O) groups is 2. The maximum Gasteiger partial charge on any atom is 0.316 e. The smallest absolute Gasteiger partial charge is 0.316 e. The van der Waals surface area contributed by atoms with E-state index in [2.05, 4.69) is 5.32 Å². The van der Waals surface area contributed by atoms with Gasteiger partial charge >= 0.3 is 6.03 Å². The van der Waals surface area contributed by atoms with Crippen LogP contribution in [-0.4, -0.2) is 16.4 Å². The number of urea groups is 1. The third-order valence-electron chi connectivity index (χ3n) is 4.38. The molecule has 0 aliphatic heterocycles. The molecule has 0 aliphatic rings. The fraction of sp³-hybridized carbons (Fsp3) is 0.143. The van der Waals surface area contributed by atoms with Gasteiger partial charge in [0.15, 0.2) is 0 Å². The van der Waals surface area contributed by atoms with Gasteiger partial charge in [-0.3, -0.25) is 4.79 Å². The first-order chi connectivity index (χ1) is 12.4. The molecular weight excluding hydrogens is 326 g/mol.